The van der Waals surface area contributed by atoms with Crippen molar-refractivity contribution in [2.24, 2.45) is 5.92 Å². The van der Waals surface area contributed by atoms with Crippen molar-refractivity contribution in [2.45, 2.75) is 44.6 Å². The van der Waals surface area contributed by atoms with Crippen LogP contribution in [0.5, 0.6) is 0 Å². The van der Waals surface area contributed by atoms with Gasteiger partial charge in [0.15, 0.2) is 5.76 Å². The maximum absolute atomic E-state index is 12.7. The van der Waals surface area contributed by atoms with E-state index in [1.165, 1.54) is 12.7 Å². The van der Waals surface area contributed by atoms with Gasteiger partial charge in [-0.05, 0) is 30.5 Å². The molecule has 160 valence electrons. The summed E-state index contributed by atoms with van der Waals surface area (Å²) in [4.78, 5) is 37.3. The second-order valence-corrected chi connectivity index (χ2v) is 7.61. The predicted molar refractivity (Wildman–Crippen MR) is 113 cm³/mol. The highest BCUT2D eigenvalue weighted by Gasteiger charge is 2.23. The molecule has 3 rings (SSSR count). The average molecular weight is 412 g/mol. The highest BCUT2D eigenvalue weighted by atomic mass is 16.3. The average Bonchev–Trinajstić information content (AvgIpc) is 3.32. The Bertz CT molecular complexity index is 814. The van der Waals surface area contributed by atoms with Gasteiger partial charge in [-0.3, -0.25) is 14.4 Å². The van der Waals surface area contributed by atoms with E-state index < -0.39 is 11.9 Å². The Labute approximate surface area is 176 Å². The summed E-state index contributed by atoms with van der Waals surface area (Å²) < 4.78 is 5.12. The fourth-order valence-electron chi connectivity index (χ4n) is 3.70. The molecule has 0 aliphatic heterocycles. The number of carbonyl (C=O) groups excluding carboxylic acids is 3. The Hall–Kier alpha value is -3.09. The lowest BCUT2D eigenvalue weighted by molar-refractivity contribution is -0.126. The first-order chi connectivity index (χ1) is 14.6. The second-order valence-electron chi connectivity index (χ2n) is 7.61. The Kier molecular flexibility index (Phi) is 8.06. The SMILES string of the molecule is O=C(NC(Cc1ccccc1)C(=O)NCCNC(=O)C1CCCCC1)c1ccco1. The maximum Gasteiger partial charge on any atom is 0.287 e. The molecule has 1 unspecified atom stereocenters. The van der Waals surface area contributed by atoms with Gasteiger partial charge in [-0.1, -0.05) is 49.6 Å². The molecule has 3 N–H and O–H groups in total. The summed E-state index contributed by atoms with van der Waals surface area (Å²) in [7, 11) is 0. The maximum atomic E-state index is 12.7. The van der Waals surface area contributed by atoms with E-state index >= 15 is 0 Å². The molecular weight excluding hydrogens is 382 g/mol. The van der Waals surface area contributed by atoms with Crippen LogP contribution < -0.4 is 16.0 Å². The second kappa shape index (κ2) is 11.2. The molecule has 1 saturated carbocycles. The van der Waals surface area contributed by atoms with Crippen molar-refractivity contribution < 1.29 is 18.8 Å². The lowest BCUT2D eigenvalue weighted by Gasteiger charge is -2.21. The monoisotopic (exact) mass is 411 g/mol. The van der Waals surface area contributed by atoms with Crippen molar-refractivity contribution in [2.75, 3.05) is 13.1 Å². The molecule has 1 aliphatic carbocycles. The summed E-state index contributed by atoms with van der Waals surface area (Å²) in [6.45, 7) is 0.671. The fourth-order valence-corrected chi connectivity index (χ4v) is 3.70. The fraction of sp³-hybridized carbons (Fsp3) is 0.435. The molecule has 1 heterocycles. The van der Waals surface area contributed by atoms with Gasteiger partial charge in [-0.15, -0.1) is 0 Å². The molecule has 7 nitrogen and oxygen atoms in total. The number of furan rings is 1. The molecule has 1 aromatic carbocycles. The number of benzene rings is 1. The molecule has 2 aromatic rings. The first-order valence-electron chi connectivity index (χ1n) is 10.6. The van der Waals surface area contributed by atoms with Gasteiger partial charge in [-0.2, -0.15) is 0 Å². The lowest BCUT2D eigenvalue weighted by atomic mass is 9.89. The molecule has 1 aliphatic rings. The molecule has 0 bridgehead atoms. The van der Waals surface area contributed by atoms with E-state index in [-0.39, 0.29) is 23.5 Å². The van der Waals surface area contributed by atoms with Gasteiger partial charge in [0, 0.05) is 25.4 Å². The minimum atomic E-state index is -0.751. The van der Waals surface area contributed by atoms with Crippen LogP contribution in [0, 0.1) is 5.92 Å². The van der Waals surface area contributed by atoms with Crippen LogP contribution in [0.25, 0.3) is 0 Å². The molecule has 30 heavy (non-hydrogen) atoms. The zero-order valence-corrected chi connectivity index (χ0v) is 17.1. The van der Waals surface area contributed by atoms with Crippen LogP contribution in [0.4, 0.5) is 0 Å². The number of carbonyl (C=O) groups is 3. The molecule has 1 atom stereocenters. The number of hydrogen-bond donors (Lipinski definition) is 3. The largest absolute Gasteiger partial charge is 0.459 e. The van der Waals surface area contributed by atoms with Crippen molar-refractivity contribution in [1.82, 2.24) is 16.0 Å². The zero-order chi connectivity index (χ0) is 21.2. The predicted octanol–water partition coefficient (Wildman–Crippen LogP) is 2.43. The smallest absolute Gasteiger partial charge is 0.287 e. The van der Waals surface area contributed by atoms with Gasteiger partial charge in [0.1, 0.15) is 6.04 Å². The summed E-state index contributed by atoms with van der Waals surface area (Å²) >= 11 is 0. The molecule has 0 spiro atoms. The van der Waals surface area contributed by atoms with E-state index in [0.717, 1.165) is 31.2 Å². The summed E-state index contributed by atoms with van der Waals surface area (Å²) in [5.41, 5.74) is 0.933. The quantitative estimate of drug-likeness (QED) is 0.552. The van der Waals surface area contributed by atoms with Crippen LogP contribution >= 0.6 is 0 Å². The van der Waals surface area contributed by atoms with Gasteiger partial charge in [0.25, 0.3) is 5.91 Å². The molecule has 1 aromatic heterocycles. The van der Waals surface area contributed by atoms with Gasteiger partial charge < -0.3 is 20.4 Å². The lowest BCUT2D eigenvalue weighted by Crippen LogP contribution is -2.49. The van der Waals surface area contributed by atoms with Crippen molar-refractivity contribution in [3.8, 4) is 0 Å². The van der Waals surface area contributed by atoms with Crippen LogP contribution in [0.15, 0.2) is 53.1 Å². The minimum Gasteiger partial charge on any atom is -0.459 e. The summed E-state index contributed by atoms with van der Waals surface area (Å²) in [6.07, 6.45) is 7.05. The standard InChI is InChI=1S/C23H29N3O4/c27-21(18-10-5-2-6-11-18)24-13-14-25-22(28)19(16-17-8-3-1-4-9-17)26-23(29)20-12-7-15-30-20/h1,3-4,7-9,12,15,18-19H,2,5-6,10-11,13-14,16H2,(H,24,27)(H,25,28)(H,26,29). The number of rotatable bonds is 9. The molecule has 0 radical (unpaired) electrons. The van der Waals surface area contributed by atoms with Gasteiger partial charge in [-0.25, -0.2) is 0 Å². The molecule has 3 amide bonds. The molecule has 7 heteroatoms. The van der Waals surface area contributed by atoms with Crippen LogP contribution in [-0.2, 0) is 16.0 Å². The van der Waals surface area contributed by atoms with E-state index in [1.54, 1.807) is 12.1 Å². The van der Waals surface area contributed by atoms with Crippen LogP contribution in [0.3, 0.4) is 0 Å². The van der Waals surface area contributed by atoms with Gasteiger partial charge >= 0.3 is 0 Å². The minimum absolute atomic E-state index is 0.0657. The van der Waals surface area contributed by atoms with Crippen LogP contribution in [0.2, 0.25) is 0 Å². The van der Waals surface area contributed by atoms with E-state index in [2.05, 4.69) is 16.0 Å². The molecule has 1 fully saturated rings. The van der Waals surface area contributed by atoms with Crippen LogP contribution in [-0.4, -0.2) is 36.9 Å². The number of hydrogen-bond acceptors (Lipinski definition) is 4. The summed E-state index contributed by atoms with van der Waals surface area (Å²) in [6, 6.07) is 11.9. The molecular formula is C23H29N3O4. The van der Waals surface area contributed by atoms with Crippen molar-refractivity contribution in [3.05, 3.63) is 60.1 Å². The molecule has 0 saturated heterocycles. The Morgan fingerprint density at radius 3 is 2.37 bits per heavy atom. The normalized spacial score (nSPS) is 15.2. The third-order valence-electron chi connectivity index (χ3n) is 5.35. The summed E-state index contributed by atoms with van der Waals surface area (Å²) in [5, 5.41) is 8.45. The van der Waals surface area contributed by atoms with E-state index in [9.17, 15) is 14.4 Å². The topological polar surface area (TPSA) is 100 Å². The number of nitrogens with one attached hydrogen (secondary N) is 3. The highest BCUT2D eigenvalue weighted by Crippen LogP contribution is 2.23. The Morgan fingerprint density at radius 2 is 1.67 bits per heavy atom. The van der Waals surface area contributed by atoms with Crippen LogP contribution in [0.1, 0.15) is 48.2 Å². The Balaban J connectivity index is 1.50. The van der Waals surface area contributed by atoms with E-state index in [4.69, 9.17) is 4.42 Å². The first-order valence-corrected chi connectivity index (χ1v) is 10.6. The van der Waals surface area contributed by atoms with Crippen molar-refractivity contribution >= 4 is 17.7 Å². The zero-order valence-electron chi connectivity index (χ0n) is 17.1. The van der Waals surface area contributed by atoms with Gasteiger partial charge in [0.05, 0.1) is 6.26 Å². The van der Waals surface area contributed by atoms with E-state index in [0.29, 0.717) is 19.5 Å². The third kappa shape index (κ3) is 6.47. The van der Waals surface area contributed by atoms with E-state index in [1.807, 2.05) is 30.3 Å². The van der Waals surface area contributed by atoms with Gasteiger partial charge in [0.2, 0.25) is 11.8 Å². The number of amides is 3. The first kappa shape index (κ1) is 21.6. The third-order valence-corrected chi connectivity index (χ3v) is 5.35. The summed E-state index contributed by atoms with van der Waals surface area (Å²) in [5.74, 6) is -0.434. The van der Waals surface area contributed by atoms with Crippen molar-refractivity contribution in [1.29, 1.82) is 0 Å². The van der Waals surface area contributed by atoms with Crippen molar-refractivity contribution in [3.63, 3.8) is 0 Å². The highest BCUT2D eigenvalue weighted by molar-refractivity contribution is 5.95. The Morgan fingerprint density at radius 1 is 0.933 bits per heavy atom.